The molecule has 1 N–H and O–H groups in total. The van der Waals surface area contributed by atoms with Gasteiger partial charge in [0.1, 0.15) is 17.3 Å². The van der Waals surface area contributed by atoms with Crippen molar-refractivity contribution in [2.24, 2.45) is 0 Å². The minimum atomic E-state index is -0.698. The molecule has 2 aromatic carbocycles. The van der Waals surface area contributed by atoms with Gasteiger partial charge in [0.2, 0.25) is 0 Å². The van der Waals surface area contributed by atoms with E-state index in [2.05, 4.69) is 20.8 Å². The molecule has 1 saturated carbocycles. The van der Waals surface area contributed by atoms with Crippen molar-refractivity contribution in [3.8, 4) is 11.5 Å². The maximum Gasteiger partial charge on any atom is 0.295 e. The van der Waals surface area contributed by atoms with Gasteiger partial charge in [0.25, 0.3) is 11.7 Å². The summed E-state index contributed by atoms with van der Waals surface area (Å²) in [6.07, 6.45) is 4.85. The van der Waals surface area contributed by atoms with E-state index in [-0.39, 0.29) is 22.8 Å². The fraction of sp³-hybridized carbons (Fsp3) is 0.467. The molecule has 2 aromatic rings. The first kappa shape index (κ1) is 25.8. The first-order chi connectivity index (χ1) is 17.2. The molecule has 0 aromatic heterocycles. The lowest BCUT2D eigenvalue weighted by atomic mass is 9.85. The Morgan fingerprint density at radius 2 is 1.78 bits per heavy atom. The number of benzene rings is 2. The van der Waals surface area contributed by atoms with E-state index >= 15 is 0 Å². The number of aliphatic hydroxyl groups is 1. The first-order valence-electron chi connectivity index (χ1n) is 12.9. The molecule has 1 saturated heterocycles. The van der Waals surface area contributed by atoms with E-state index in [0.717, 1.165) is 43.2 Å². The van der Waals surface area contributed by atoms with E-state index in [0.29, 0.717) is 23.7 Å². The summed E-state index contributed by atoms with van der Waals surface area (Å²) in [7, 11) is 1.53. The Labute approximate surface area is 213 Å². The van der Waals surface area contributed by atoms with Gasteiger partial charge in [-0.2, -0.15) is 0 Å². The highest BCUT2D eigenvalue weighted by atomic mass is 16.5. The lowest BCUT2D eigenvalue weighted by Gasteiger charge is -2.35. The van der Waals surface area contributed by atoms with Crippen molar-refractivity contribution in [2.75, 3.05) is 13.7 Å². The van der Waals surface area contributed by atoms with Crippen molar-refractivity contribution in [3.63, 3.8) is 0 Å². The first-order valence-corrected chi connectivity index (χ1v) is 12.9. The van der Waals surface area contributed by atoms with Crippen LogP contribution in [-0.2, 0) is 15.0 Å². The van der Waals surface area contributed by atoms with Crippen LogP contribution in [0.15, 0.2) is 48.0 Å². The van der Waals surface area contributed by atoms with Crippen molar-refractivity contribution in [1.29, 1.82) is 0 Å². The van der Waals surface area contributed by atoms with Crippen molar-refractivity contribution >= 4 is 17.4 Å². The highest BCUT2D eigenvalue weighted by molar-refractivity contribution is 6.46. The van der Waals surface area contributed by atoms with Crippen molar-refractivity contribution in [2.45, 2.75) is 77.3 Å². The van der Waals surface area contributed by atoms with Crippen molar-refractivity contribution in [1.82, 2.24) is 4.90 Å². The van der Waals surface area contributed by atoms with Crippen LogP contribution >= 0.6 is 0 Å². The monoisotopic (exact) mass is 491 g/mol. The third-order valence-corrected chi connectivity index (χ3v) is 7.25. The average Bonchev–Trinajstić information content (AvgIpc) is 3.14. The molecule has 2 aliphatic rings. The summed E-state index contributed by atoms with van der Waals surface area (Å²) in [6.45, 7) is 8.66. The van der Waals surface area contributed by atoms with Crippen LogP contribution in [0, 0.1) is 0 Å². The third kappa shape index (κ3) is 4.86. The van der Waals surface area contributed by atoms with Crippen LogP contribution in [-0.4, -0.2) is 41.5 Å². The summed E-state index contributed by atoms with van der Waals surface area (Å²) < 4.78 is 11.3. The number of ether oxygens (including phenoxy) is 2. The second-order valence-corrected chi connectivity index (χ2v) is 10.7. The van der Waals surface area contributed by atoms with Crippen LogP contribution in [0.5, 0.6) is 11.5 Å². The molecule has 0 bridgehead atoms. The van der Waals surface area contributed by atoms with Crippen LogP contribution in [0.3, 0.4) is 0 Å². The van der Waals surface area contributed by atoms with E-state index in [1.54, 1.807) is 11.0 Å². The lowest BCUT2D eigenvalue weighted by Crippen LogP contribution is -2.40. The molecule has 0 spiro atoms. The minimum Gasteiger partial charge on any atom is -0.507 e. The molecule has 1 aliphatic heterocycles. The highest BCUT2D eigenvalue weighted by Gasteiger charge is 2.49. The van der Waals surface area contributed by atoms with E-state index in [1.165, 1.54) is 7.11 Å². The second kappa shape index (κ2) is 10.4. The molecular weight excluding hydrogens is 454 g/mol. The van der Waals surface area contributed by atoms with Gasteiger partial charge in [-0.05, 0) is 60.6 Å². The summed E-state index contributed by atoms with van der Waals surface area (Å²) in [5.41, 5.74) is 2.07. The fourth-order valence-corrected chi connectivity index (χ4v) is 5.36. The number of nitrogens with zero attached hydrogens (tertiary/aromatic N) is 1. The summed E-state index contributed by atoms with van der Waals surface area (Å²) in [5, 5.41) is 11.7. The Morgan fingerprint density at radius 3 is 2.42 bits per heavy atom. The predicted octanol–water partition coefficient (Wildman–Crippen LogP) is 6.15. The molecule has 6 nitrogen and oxygen atoms in total. The van der Waals surface area contributed by atoms with E-state index in [4.69, 9.17) is 9.47 Å². The zero-order valence-corrected chi connectivity index (χ0v) is 22.0. The van der Waals surface area contributed by atoms with Gasteiger partial charge in [-0.1, -0.05) is 58.2 Å². The Morgan fingerprint density at radius 1 is 1.06 bits per heavy atom. The molecule has 1 heterocycles. The molecular formula is C30H37NO5. The molecule has 1 amide bonds. The van der Waals surface area contributed by atoms with Gasteiger partial charge in [-0.25, -0.2) is 0 Å². The van der Waals surface area contributed by atoms with Gasteiger partial charge in [0.15, 0.2) is 0 Å². The van der Waals surface area contributed by atoms with Crippen LogP contribution in [0.1, 0.15) is 82.5 Å². The molecule has 6 heteroatoms. The Hall–Kier alpha value is -3.28. The molecule has 1 atom stereocenters. The SMILES string of the molecule is CCOc1cccc(C2/C(=C(\O)c3cc(C(C)(C)C)ccc3OC)C(=O)C(=O)N2C2CCCCC2)c1. The van der Waals surface area contributed by atoms with Crippen LogP contribution in [0.25, 0.3) is 5.76 Å². The number of likely N-dealkylation sites (tertiary alicyclic amines) is 1. The van der Waals surface area contributed by atoms with E-state index in [1.807, 2.05) is 43.3 Å². The van der Waals surface area contributed by atoms with Gasteiger partial charge in [-0.15, -0.1) is 0 Å². The summed E-state index contributed by atoms with van der Waals surface area (Å²) in [4.78, 5) is 28.8. The van der Waals surface area contributed by atoms with Crippen molar-refractivity contribution in [3.05, 3.63) is 64.7 Å². The Kier molecular flexibility index (Phi) is 7.43. The van der Waals surface area contributed by atoms with Gasteiger partial charge >= 0.3 is 0 Å². The van der Waals surface area contributed by atoms with E-state index < -0.39 is 17.7 Å². The number of hydrogen-bond donors (Lipinski definition) is 1. The van der Waals surface area contributed by atoms with Gasteiger partial charge in [0.05, 0.1) is 30.9 Å². The molecule has 36 heavy (non-hydrogen) atoms. The number of rotatable bonds is 6. The smallest absolute Gasteiger partial charge is 0.295 e. The zero-order valence-electron chi connectivity index (χ0n) is 22.0. The van der Waals surface area contributed by atoms with Gasteiger partial charge < -0.3 is 19.5 Å². The van der Waals surface area contributed by atoms with E-state index in [9.17, 15) is 14.7 Å². The molecule has 4 rings (SSSR count). The predicted molar refractivity (Wildman–Crippen MR) is 140 cm³/mol. The van der Waals surface area contributed by atoms with Crippen molar-refractivity contribution < 1.29 is 24.2 Å². The average molecular weight is 492 g/mol. The Balaban J connectivity index is 1.93. The minimum absolute atomic E-state index is 0.0518. The molecule has 2 fully saturated rings. The number of Topliss-reactive ketones (excluding diaryl/α,β-unsaturated/α-hetero) is 1. The van der Waals surface area contributed by atoms with Crippen LogP contribution in [0.4, 0.5) is 0 Å². The number of carbonyl (C=O) groups is 2. The quantitative estimate of drug-likeness (QED) is 0.298. The fourth-order valence-electron chi connectivity index (χ4n) is 5.36. The largest absolute Gasteiger partial charge is 0.507 e. The lowest BCUT2D eigenvalue weighted by molar-refractivity contribution is -0.141. The maximum atomic E-state index is 13.6. The van der Waals surface area contributed by atoms with Gasteiger partial charge in [0, 0.05) is 6.04 Å². The number of hydrogen-bond acceptors (Lipinski definition) is 5. The maximum absolute atomic E-state index is 13.6. The summed E-state index contributed by atoms with van der Waals surface area (Å²) in [5.74, 6) is -0.307. The third-order valence-electron chi connectivity index (χ3n) is 7.25. The second-order valence-electron chi connectivity index (χ2n) is 10.7. The summed E-state index contributed by atoms with van der Waals surface area (Å²) >= 11 is 0. The molecule has 192 valence electrons. The van der Waals surface area contributed by atoms with Crippen LogP contribution < -0.4 is 9.47 Å². The number of methoxy groups -OCH3 is 1. The number of ketones is 1. The molecule has 1 unspecified atom stereocenters. The number of carbonyl (C=O) groups excluding carboxylic acids is 2. The molecule has 1 aliphatic carbocycles. The van der Waals surface area contributed by atoms with Crippen LogP contribution in [0.2, 0.25) is 0 Å². The topological polar surface area (TPSA) is 76.1 Å². The Bertz CT molecular complexity index is 1170. The van der Waals surface area contributed by atoms with Gasteiger partial charge in [-0.3, -0.25) is 9.59 Å². The highest BCUT2D eigenvalue weighted by Crippen LogP contribution is 2.45. The number of amides is 1. The summed E-state index contributed by atoms with van der Waals surface area (Å²) in [6, 6.07) is 12.3. The normalized spacial score (nSPS) is 20.6. The number of aliphatic hydroxyl groups excluding tert-OH is 1. The zero-order chi connectivity index (χ0) is 26.0. The molecule has 0 radical (unpaired) electrons. The standard InChI is InChI=1S/C30H37NO5/c1-6-36-22-14-10-11-19(17-22)26-25(28(33)29(34)31(26)21-12-8-7-9-13-21)27(32)23-18-20(30(2,3)4)15-16-24(23)35-5/h10-11,14-18,21,26,32H,6-9,12-13H2,1-5H3/b27-25+.